The smallest absolute Gasteiger partial charge is 0.371 e. The summed E-state index contributed by atoms with van der Waals surface area (Å²) in [5, 5.41) is 7.21. The highest BCUT2D eigenvalue weighted by Gasteiger charge is 2.27. The summed E-state index contributed by atoms with van der Waals surface area (Å²) in [6, 6.07) is 0. The number of hydrogen-bond acceptors (Lipinski definition) is 3. The van der Waals surface area contributed by atoms with Gasteiger partial charge in [0.1, 0.15) is 6.61 Å². The first-order valence-electron chi connectivity index (χ1n) is 5.34. The largest absolute Gasteiger partial charge is 0.411 e. The molecule has 18 heavy (non-hydrogen) atoms. The van der Waals surface area contributed by atoms with Crippen LogP contribution >= 0.6 is 15.9 Å². The number of aryl methyl sites for hydroxylation is 2. The van der Waals surface area contributed by atoms with Gasteiger partial charge in [0, 0.05) is 20.1 Å². The normalized spacial score (nSPS) is 12.1. The van der Waals surface area contributed by atoms with Crippen LogP contribution in [0.5, 0.6) is 0 Å². The first kappa shape index (κ1) is 15.5. The molecule has 0 unspecified atom stereocenters. The van der Waals surface area contributed by atoms with E-state index in [-0.39, 0.29) is 6.61 Å². The molecule has 8 heteroatoms. The van der Waals surface area contributed by atoms with E-state index in [2.05, 4.69) is 31.1 Å². The van der Waals surface area contributed by atoms with Gasteiger partial charge in [0.2, 0.25) is 0 Å². The predicted molar refractivity (Wildman–Crippen MR) is 64.2 cm³/mol. The summed E-state index contributed by atoms with van der Waals surface area (Å²) in [5.74, 6) is 0. The highest BCUT2D eigenvalue weighted by atomic mass is 79.9. The van der Waals surface area contributed by atoms with E-state index >= 15 is 0 Å². The van der Waals surface area contributed by atoms with Gasteiger partial charge in [-0.2, -0.15) is 18.3 Å². The maximum Gasteiger partial charge on any atom is 0.411 e. The minimum Gasteiger partial charge on any atom is -0.371 e. The van der Waals surface area contributed by atoms with Crippen LogP contribution in [-0.4, -0.2) is 35.7 Å². The number of rotatable bonds is 6. The fourth-order valence-electron chi connectivity index (χ4n) is 1.41. The fraction of sp³-hybridized carbons (Fsp3) is 0.700. The molecule has 4 nitrogen and oxygen atoms in total. The molecule has 0 aliphatic heterocycles. The van der Waals surface area contributed by atoms with Crippen molar-refractivity contribution in [1.29, 1.82) is 0 Å². The molecule has 0 amide bonds. The topological polar surface area (TPSA) is 39.1 Å². The van der Waals surface area contributed by atoms with Crippen LogP contribution in [0.3, 0.4) is 0 Å². The van der Waals surface area contributed by atoms with E-state index < -0.39 is 12.8 Å². The van der Waals surface area contributed by atoms with Gasteiger partial charge in [0.25, 0.3) is 0 Å². The van der Waals surface area contributed by atoms with Crippen molar-refractivity contribution in [3.05, 3.63) is 15.9 Å². The van der Waals surface area contributed by atoms with Crippen LogP contribution in [0.1, 0.15) is 11.4 Å². The molecular formula is C10H15BrF3N3O. The molecular weight excluding hydrogens is 315 g/mol. The average Bonchev–Trinajstić information content (AvgIpc) is 2.47. The first-order valence-corrected chi connectivity index (χ1v) is 6.13. The van der Waals surface area contributed by atoms with Gasteiger partial charge in [-0.3, -0.25) is 4.68 Å². The van der Waals surface area contributed by atoms with Gasteiger partial charge in [-0.25, -0.2) is 0 Å². The van der Waals surface area contributed by atoms with Gasteiger partial charge in [0.15, 0.2) is 0 Å². The van der Waals surface area contributed by atoms with Crippen LogP contribution in [0.15, 0.2) is 4.47 Å². The van der Waals surface area contributed by atoms with Gasteiger partial charge >= 0.3 is 6.18 Å². The molecule has 1 rings (SSSR count). The van der Waals surface area contributed by atoms with Gasteiger partial charge < -0.3 is 10.1 Å². The van der Waals surface area contributed by atoms with Crippen molar-refractivity contribution in [3.8, 4) is 0 Å². The van der Waals surface area contributed by atoms with Crippen molar-refractivity contribution in [2.75, 3.05) is 19.8 Å². The Bertz CT molecular complexity index is 392. The third-order valence-corrected chi connectivity index (χ3v) is 3.27. The van der Waals surface area contributed by atoms with E-state index in [0.29, 0.717) is 13.1 Å². The highest BCUT2D eigenvalue weighted by Crippen LogP contribution is 2.19. The monoisotopic (exact) mass is 329 g/mol. The fourth-order valence-corrected chi connectivity index (χ4v) is 1.89. The maximum absolute atomic E-state index is 11.8. The predicted octanol–water partition coefficient (Wildman–Crippen LogP) is 2.16. The first-order chi connectivity index (χ1) is 8.31. The third-order valence-electron chi connectivity index (χ3n) is 2.24. The van der Waals surface area contributed by atoms with Crippen LogP contribution in [0, 0.1) is 6.92 Å². The molecule has 1 N–H and O–H groups in total. The second-order valence-corrected chi connectivity index (χ2v) is 4.61. The Balaban J connectivity index is 2.22. The number of alkyl halides is 3. The van der Waals surface area contributed by atoms with E-state index in [1.165, 1.54) is 0 Å². The Morgan fingerprint density at radius 1 is 1.44 bits per heavy atom. The Hall–Kier alpha value is -0.600. The molecule has 1 aromatic heterocycles. The molecule has 0 fully saturated rings. The number of nitrogens with zero attached hydrogens (tertiary/aromatic N) is 2. The zero-order valence-electron chi connectivity index (χ0n) is 10.1. The summed E-state index contributed by atoms with van der Waals surface area (Å²) in [5.41, 5.74) is 1.82. The molecule has 1 heterocycles. The van der Waals surface area contributed by atoms with Gasteiger partial charge in [0.05, 0.1) is 22.5 Å². The van der Waals surface area contributed by atoms with E-state index in [9.17, 15) is 13.2 Å². The lowest BCUT2D eigenvalue weighted by molar-refractivity contribution is -0.173. The number of ether oxygens (including phenoxy) is 1. The zero-order valence-corrected chi connectivity index (χ0v) is 11.7. The summed E-state index contributed by atoms with van der Waals surface area (Å²) >= 11 is 3.41. The third kappa shape index (κ3) is 4.95. The molecule has 0 saturated heterocycles. The van der Waals surface area contributed by atoms with Crippen molar-refractivity contribution in [3.63, 3.8) is 0 Å². The second-order valence-electron chi connectivity index (χ2n) is 3.81. The van der Waals surface area contributed by atoms with Gasteiger partial charge in [-0.15, -0.1) is 0 Å². The Morgan fingerprint density at radius 2 is 2.11 bits per heavy atom. The van der Waals surface area contributed by atoms with Crippen molar-refractivity contribution < 1.29 is 17.9 Å². The van der Waals surface area contributed by atoms with Crippen molar-refractivity contribution in [2.24, 2.45) is 7.05 Å². The van der Waals surface area contributed by atoms with Crippen molar-refractivity contribution in [1.82, 2.24) is 15.1 Å². The molecule has 0 spiro atoms. The number of halogens is 4. The molecule has 0 bridgehead atoms. The maximum atomic E-state index is 11.8. The molecule has 0 aliphatic carbocycles. The second kappa shape index (κ2) is 6.53. The molecule has 0 radical (unpaired) electrons. The van der Waals surface area contributed by atoms with E-state index in [0.717, 1.165) is 15.9 Å². The highest BCUT2D eigenvalue weighted by molar-refractivity contribution is 9.10. The molecule has 104 valence electrons. The van der Waals surface area contributed by atoms with Gasteiger partial charge in [-0.1, -0.05) is 0 Å². The van der Waals surface area contributed by atoms with Crippen molar-refractivity contribution >= 4 is 15.9 Å². The Kier molecular flexibility index (Phi) is 5.61. The zero-order chi connectivity index (χ0) is 13.8. The molecule has 0 atom stereocenters. The van der Waals surface area contributed by atoms with E-state index in [4.69, 9.17) is 0 Å². The van der Waals surface area contributed by atoms with Gasteiger partial charge in [-0.05, 0) is 22.9 Å². The summed E-state index contributed by atoms with van der Waals surface area (Å²) < 4.78 is 42.4. The van der Waals surface area contributed by atoms with E-state index in [1.807, 2.05) is 14.0 Å². The Labute approximate surface area is 112 Å². The van der Waals surface area contributed by atoms with Crippen LogP contribution in [-0.2, 0) is 18.3 Å². The lowest BCUT2D eigenvalue weighted by Crippen LogP contribution is -2.24. The summed E-state index contributed by atoms with van der Waals surface area (Å²) in [7, 11) is 1.81. The van der Waals surface area contributed by atoms with Crippen LogP contribution in [0.2, 0.25) is 0 Å². The quantitative estimate of drug-likeness (QED) is 0.813. The van der Waals surface area contributed by atoms with Crippen LogP contribution in [0.4, 0.5) is 13.2 Å². The summed E-state index contributed by atoms with van der Waals surface area (Å²) in [6.07, 6.45) is -4.26. The minimum absolute atomic E-state index is 0.0218. The molecule has 0 aromatic carbocycles. The Morgan fingerprint density at radius 3 is 2.61 bits per heavy atom. The van der Waals surface area contributed by atoms with Crippen LogP contribution in [0.25, 0.3) is 0 Å². The summed E-state index contributed by atoms with van der Waals surface area (Å²) in [4.78, 5) is 0. The number of hydrogen-bond donors (Lipinski definition) is 1. The average molecular weight is 330 g/mol. The standard InChI is InChI=1S/C10H15BrF3N3O/c1-7-9(11)8(17(2)16-7)5-15-3-4-18-6-10(12,13)14/h15H,3-6H2,1-2H3. The number of aromatic nitrogens is 2. The van der Waals surface area contributed by atoms with E-state index in [1.54, 1.807) is 4.68 Å². The molecule has 0 aliphatic rings. The van der Waals surface area contributed by atoms with Crippen LogP contribution < -0.4 is 5.32 Å². The minimum atomic E-state index is -4.26. The summed E-state index contributed by atoms with van der Waals surface area (Å²) in [6.45, 7) is 1.57. The SMILES string of the molecule is Cc1nn(C)c(CNCCOCC(F)(F)F)c1Br. The molecule has 1 aromatic rings. The lowest BCUT2D eigenvalue weighted by atomic mass is 10.3. The lowest BCUT2D eigenvalue weighted by Gasteiger charge is -2.08. The number of nitrogens with one attached hydrogen (secondary N) is 1. The van der Waals surface area contributed by atoms with Crippen molar-refractivity contribution in [2.45, 2.75) is 19.6 Å². The molecule has 0 saturated carbocycles.